The van der Waals surface area contributed by atoms with Gasteiger partial charge in [-0.3, -0.25) is 4.79 Å². The van der Waals surface area contributed by atoms with Gasteiger partial charge in [0.15, 0.2) is 0 Å². The van der Waals surface area contributed by atoms with Gasteiger partial charge >= 0.3 is 5.97 Å². The molecule has 2 heteroatoms. The van der Waals surface area contributed by atoms with Crippen LogP contribution >= 0.6 is 0 Å². The maximum atomic E-state index is 11.0. The van der Waals surface area contributed by atoms with E-state index in [4.69, 9.17) is 4.74 Å². The largest absolute Gasteiger partial charge is 0.462 e. The maximum absolute atomic E-state index is 11.0. The third-order valence-corrected chi connectivity index (χ3v) is 4.85. The van der Waals surface area contributed by atoms with Gasteiger partial charge in [-0.1, -0.05) is 90.4 Å². The van der Waals surface area contributed by atoms with Crippen LogP contribution in [-0.2, 0) is 9.53 Å². The monoisotopic (exact) mass is 310 g/mol. The zero-order valence-electron chi connectivity index (χ0n) is 14.9. The summed E-state index contributed by atoms with van der Waals surface area (Å²) in [6.45, 7) is 2.28. The number of hydrogen-bond donors (Lipinski definition) is 0. The summed E-state index contributed by atoms with van der Waals surface area (Å²) in [5.74, 6) is 0.00960. The molecular weight excluding hydrogens is 272 g/mol. The van der Waals surface area contributed by atoms with Gasteiger partial charge in [0.1, 0.15) is 6.10 Å². The van der Waals surface area contributed by atoms with Crippen molar-refractivity contribution < 1.29 is 9.53 Å². The summed E-state index contributed by atoms with van der Waals surface area (Å²) in [5.41, 5.74) is 0. The van der Waals surface area contributed by atoms with E-state index in [1.165, 1.54) is 89.9 Å². The molecular formula is C20H38O2. The van der Waals surface area contributed by atoms with E-state index in [9.17, 15) is 4.79 Å². The predicted octanol–water partition coefficient (Wildman–Crippen LogP) is 6.56. The second kappa shape index (κ2) is 14.1. The van der Waals surface area contributed by atoms with Gasteiger partial charge < -0.3 is 4.74 Å². The van der Waals surface area contributed by atoms with E-state index < -0.39 is 0 Å². The molecule has 0 saturated carbocycles. The number of rotatable bonds is 15. The molecule has 0 aromatic heterocycles. The molecule has 22 heavy (non-hydrogen) atoms. The van der Waals surface area contributed by atoms with E-state index in [0.717, 1.165) is 12.8 Å². The van der Waals surface area contributed by atoms with Crippen LogP contribution < -0.4 is 0 Å². The van der Waals surface area contributed by atoms with Crippen molar-refractivity contribution >= 4 is 5.97 Å². The lowest BCUT2D eigenvalue weighted by atomic mass is 10.0. The summed E-state index contributed by atoms with van der Waals surface area (Å²) in [6.07, 6.45) is 22.5. The molecule has 0 bridgehead atoms. The number of esters is 1. The summed E-state index contributed by atoms with van der Waals surface area (Å²) >= 11 is 0. The van der Waals surface area contributed by atoms with Crippen molar-refractivity contribution in [1.82, 2.24) is 0 Å². The van der Waals surface area contributed by atoms with Gasteiger partial charge in [0.25, 0.3) is 0 Å². The van der Waals surface area contributed by atoms with Crippen LogP contribution in [0, 0.1) is 0 Å². The maximum Gasteiger partial charge on any atom is 0.306 e. The Balaban J connectivity index is 1.69. The molecule has 0 aromatic rings. The summed E-state index contributed by atoms with van der Waals surface area (Å²) < 4.78 is 5.24. The average molecular weight is 311 g/mol. The molecule has 1 aliphatic rings. The Morgan fingerprint density at radius 3 is 1.64 bits per heavy atom. The minimum atomic E-state index is 0.00960. The summed E-state index contributed by atoms with van der Waals surface area (Å²) in [4.78, 5) is 11.0. The van der Waals surface area contributed by atoms with E-state index in [-0.39, 0.29) is 12.1 Å². The van der Waals surface area contributed by atoms with Gasteiger partial charge in [0.05, 0.1) is 0 Å². The minimum absolute atomic E-state index is 0.00960. The van der Waals surface area contributed by atoms with E-state index in [2.05, 4.69) is 6.92 Å². The fourth-order valence-electron chi connectivity index (χ4n) is 3.35. The molecule has 1 fully saturated rings. The van der Waals surface area contributed by atoms with Crippen molar-refractivity contribution in [3.05, 3.63) is 0 Å². The van der Waals surface area contributed by atoms with E-state index >= 15 is 0 Å². The first-order valence-electron chi connectivity index (χ1n) is 10.0. The molecule has 1 saturated heterocycles. The Labute approximate surface area is 138 Å². The van der Waals surface area contributed by atoms with Gasteiger partial charge in [0, 0.05) is 6.42 Å². The van der Waals surface area contributed by atoms with E-state index in [0.29, 0.717) is 6.42 Å². The predicted molar refractivity (Wildman–Crippen MR) is 94.0 cm³/mol. The highest BCUT2D eigenvalue weighted by molar-refractivity contribution is 5.71. The van der Waals surface area contributed by atoms with Crippen LogP contribution in [0.1, 0.15) is 116 Å². The highest BCUT2D eigenvalue weighted by Crippen LogP contribution is 2.20. The fourth-order valence-corrected chi connectivity index (χ4v) is 3.35. The molecule has 0 spiro atoms. The van der Waals surface area contributed by atoms with Crippen molar-refractivity contribution in [3.8, 4) is 0 Å². The van der Waals surface area contributed by atoms with Crippen molar-refractivity contribution in [2.45, 2.75) is 122 Å². The zero-order chi connectivity index (χ0) is 15.9. The zero-order valence-corrected chi connectivity index (χ0v) is 14.9. The van der Waals surface area contributed by atoms with Crippen molar-refractivity contribution in [1.29, 1.82) is 0 Å². The van der Waals surface area contributed by atoms with Crippen molar-refractivity contribution in [2.75, 3.05) is 0 Å². The number of carbonyl (C=O) groups is 1. The third-order valence-electron chi connectivity index (χ3n) is 4.85. The first-order valence-corrected chi connectivity index (χ1v) is 10.0. The number of hydrogen-bond acceptors (Lipinski definition) is 2. The highest BCUT2D eigenvalue weighted by atomic mass is 16.5. The Morgan fingerprint density at radius 2 is 1.23 bits per heavy atom. The topological polar surface area (TPSA) is 26.3 Å². The lowest BCUT2D eigenvalue weighted by Crippen LogP contribution is -2.06. The molecule has 1 atom stereocenters. The Hall–Kier alpha value is -0.530. The van der Waals surface area contributed by atoms with Crippen LogP contribution in [0.15, 0.2) is 0 Å². The van der Waals surface area contributed by atoms with E-state index in [1.54, 1.807) is 0 Å². The molecule has 0 aromatic carbocycles. The fraction of sp³-hybridized carbons (Fsp3) is 0.950. The van der Waals surface area contributed by atoms with Gasteiger partial charge in [-0.05, 0) is 19.3 Å². The molecule has 0 unspecified atom stereocenters. The molecule has 1 aliphatic heterocycles. The molecule has 0 N–H and O–H groups in total. The molecule has 0 amide bonds. The number of ether oxygens (including phenoxy) is 1. The molecule has 1 heterocycles. The smallest absolute Gasteiger partial charge is 0.306 e. The standard InChI is InChI=1S/C20H38O2/c1-2-3-4-5-6-7-8-9-10-11-12-13-14-15-16-19-17-18-20(21)22-19/h19H,2-18H2,1H3/t19-/m1/s1. The Kier molecular flexibility index (Phi) is 12.5. The summed E-state index contributed by atoms with van der Waals surface area (Å²) in [7, 11) is 0. The molecule has 1 rings (SSSR count). The first kappa shape index (κ1) is 19.5. The average Bonchev–Trinajstić information content (AvgIpc) is 2.93. The van der Waals surface area contributed by atoms with Crippen LogP contribution in [0.3, 0.4) is 0 Å². The van der Waals surface area contributed by atoms with E-state index in [1.807, 2.05) is 0 Å². The number of cyclic esters (lactones) is 1. The Morgan fingerprint density at radius 1 is 0.773 bits per heavy atom. The lowest BCUT2D eigenvalue weighted by molar-refractivity contribution is -0.141. The van der Waals surface area contributed by atoms with Gasteiger partial charge in [-0.25, -0.2) is 0 Å². The summed E-state index contributed by atoms with van der Waals surface area (Å²) in [6, 6.07) is 0. The second-order valence-electron chi connectivity index (χ2n) is 7.04. The minimum Gasteiger partial charge on any atom is -0.462 e. The molecule has 130 valence electrons. The van der Waals surface area contributed by atoms with Gasteiger partial charge in [-0.2, -0.15) is 0 Å². The van der Waals surface area contributed by atoms with Crippen molar-refractivity contribution in [3.63, 3.8) is 0 Å². The molecule has 0 radical (unpaired) electrons. The van der Waals surface area contributed by atoms with Crippen molar-refractivity contribution in [2.24, 2.45) is 0 Å². The SMILES string of the molecule is CCCCCCCCCCCCCCCC[C@@H]1CCC(=O)O1. The van der Waals surface area contributed by atoms with Crippen LogP contribution in [0.5, 0.6) is 0 Å². The highest BCUT2D eigenvalue weighted by Gasteiger charge is 2.22. The second-order valence-corrected chi connectivity index (χ2v) is 7.04. The van der Waals surface area contributed by atoms with Crippen LogP contribution in [0.4, 0.5) is 0 Å². The first-order chi connectivity index (χ1) is 10.8. The van der Waals surface area contributed by atoms with Gasteiger partial charge in [0.2, 0.25) is 0 Å². The number of carbonyl (C=O) groups excluding carboxylic acids is 1. The van der Waals surface area contributed by atoms with Crippen LogP contribution in [-0.4, -0.2) is 12.1 Å². The molecule has 0 aliphatic carbocycles. The quantitative estimate of drug-likeness (QED) is 0.253. The van der Waals surface area contributed by atoms with Gasteiger partial charge in [-0.15, -0.1) is 0 Å². The Bertz CT molecular complexity index is 262. The van der Waals surface area contributed by atoms with Crippen LogP contribution in [0.2, 0.25) is 0 Å². The third kappa shape index (κ3) is 11.1. The normalized spacial score (nSPS) is 17.9. The number of unbranched alkanes of at least 4 members (excludes halogenated alkanes) is 13. The molecule has 2 nitrogen and oxygen atoms in total. The lowest BCUT2D eigenvalue weighted by Gasteiger charge is -2.08. The van der Waals surface area contributed by atoms with Crippen LogP contribution in [0.25, 0.3) is 0 Å². The summed E-state index contributed by atoms with van der Waals surface area (Å²) in [5, 5.41) is 0.